The Bertz CT molecular complexity index is 2210. The van der Waals surface area contributed by atoms with Gasteiger partial charge >= 0.3 is 0 Å². The van der Waals surface area contributed by atoms with Crippen LogP contribution in [-0.4, -0.2) is 53.6 Å². The van der Waals surface area contributed by atoms with Crippen molar-refractivity contribution < 1.29 is 37.0 Å². The molecule has 252 valence electrons. The molecule has 0 saturated heterocycles. The molecule has 5 aromatic carbocycles. The summed E-state index contributed by atoms with van der Waals surface area (Å²) in [4.78, 5) is -0.648. The minimum absolute atomic E-state index is 0.0926. The standard InChI is InChI=1S/C33H31N7O8S/c1-34-36-23-15-28(46-3)24(16-27(23)45-2)37-38-25-17-30(48-5)26(18-29(25)47-4)39-40-32-31(49(42,43)44)14-19-13-21(11-12-22(19)33(32)41)35-20-9-7-6-8-10-20/h6-18,35,41H,1-5H3,(H,42,43,44). The largest absolute Gasteiger partial charge is 0.505 e. The average Bonchev–Trinajstić information content (AvgIpc) is 3.10. The van der Waals surface area contributed by atoms with Crippen molar-refractivity contribution in [1.29, 1.82) is 0 Å². The van der Waals surface area contributed by atoms with Crippen LogP contribution in [0.4, 0.5) is 39.8 Å². The number of hydrogen-bond acceptors (Lipinski definition) is 14. The van der Waals surface area contributed by atoms with Gasteiger partial charge in [-0.1, -0.05) is 18.2 Å². The number of aromatic hydroxyl groups is 1. The summed E-state index contributed by atoms with van der Waals surface area (Å²) in [6, 6.07) is 21.6. The van der Waals surface area contributed by atoms with Crippen molar-refractivity contribution >= 4 is 60.7 Å². The van der Waals surface area contributed by atoms with Crippen molar-refractivity contribution in [1.82, 2.24) is 0 Å². The molecule has 0 aliphatic carbocycles. The van der Waals surface area contributed by atoms with Crippen LogP contribution in [0.2, 0.25) is 0 Å². The lowest BCUT2D eigenvalue weighted by Gasteiger charge is -2.12. The molecule has 49 heavy (non-hydrogen) atoms. The Balaban J connectivity index is 1.53. The van der Waals surface area contributed by atoms with Crippen LogP contribution in [0.3, 0.4) is 0 Å². The zero-order chi connectivity index (χ0) is 35.1. The Morgan fingerprint density at radius 3 is 1.57 bits per heavy atom. The number of rotatable bonds is 12. The molecular formula is C33H31N7O8S. The molecule has 0 aromatic heterocycles. The molecule has 3 N–H and O–H groups in total. The molecule has 0 bridgehead atoms. The minimum Gasteiger partial charge on any atom is -0.505 e. The Labute approximate surface area is 281 Å². The highest BCUT2D eigenvalue weighted by atomic mass is 32.2. The Kier molecular flexibility index (Phi) is 10.3. The normalized spacial score (nSPS) is 11.9. The van der Waals surface area contributed by atoms with Gasteiger partial charge in [0.2, 0.25) is 0 Å². The smallest absolute Gasteiger partial charge is 0.296 e. The van der Waals surface area contributed by atoms with Crippen molar-refractivity contribution in [3.8, 4) is 28.7 Å². The fourth-order valence-corrected chi connectivity index (χ4v) is 5.43. The number of nitrogens with zero attached hydrogens (tertiary/aromatic N) is 6. The zero-order valence-electron chi connectivity index (χ0n) is 26.9. The van der Waals surface area contributed by atoms with Gasteiger partial charge < -0.3 is 29.4 Å². The van der Waals surface area contributed by atoms with Gasteiger partial charge in [0.25, 0.3) is 10.1 Å². The van der Waals surface area contributed by atoms with Crippen LogP contribution >= 0.6 is 0 Å². The first-order chi connectivity index (χ1) is 23.6. The lowest BCUT2D eigenvalue weighted by molar-refractivity contribution is 0.403. The van der Waals surface area contributed by atoms with E-state index in [1.54, 1.807) is 30.3 Å². The molecule has 0 unspecified atom stereocenters. The van der Waals surface area contributed by atoms with E-state index < -0.39 is 26.5 Å². The molecule has 0 aliphatic rings. The highest BCUT2D eigenvalue weighted by molar-refractivity contribution is 7.86. The molecular weight excluding hydrogens is 654 g/mol. The lowest BCUT2D eigenvalue weighted by Crippen LogP contribution is -1.99. The van der Waals surface area contributed by atoms with Gasteiger partial charge in [0.1, 0.15) is 56.3 Å². The summed E-state index contributed by atoms with van der Waals surface area (Å²) in [6.45, 7) is 0. The summed E-state index contributed by atoms with van der Waals surface area (Å²) in [5, 5.41) is 39.6. The number of para-hydroxylation sites is 1. The second kappa shape index (κ2) is 14.7. The third-order valence-electron chi connectivity index (χ3n) is 7.08. The number of azo groups is 3. The van der Waals surface area contributed by atoms with Crippen molar-refractivity contribution in [3.05, 3.63) is 78.9 Å². The maximum atomic E-state index is 12.5. The lowest BCUT2D eigenvalue weighted by atomic mass is 10.1. The van der Waals surface area contributed by atoms with Gasteiger partial charge in [-0.05, 0) is 41.8 Å². The minimum atomic E-state index is -4.86. The van der Waals surface area contributed by atoms with Crippen LogP contribution in [0.25, 0.3) is 10.8 Å². The zero-order valence-corrected chi connectivity index (χ0v) is 27.8. The van der Waals surface area contributed by atoms with Crippen LogP contribution < -0.4 is 24.3 Å². The number of ether oxygens (including phenoxy) is 4. The van der Waals surface area contributed by atoms with Gasteiger partial charge in [0.15, 0.2) is 5.75 Å². The summed E-state index contributed by atoms with van der Waals surface area (Å²) in [5.74, 6) is 0.610. The van der Waals surface area contributed by atoms with E-state index in [9.17, 15) is 18.1 Å². The SMILES string of the molecule is CN=Nc1cc(OC)c(N=Nc2cc(OC)c(N=Nc3c(S(=O)(=O)O)cc4cc(Nc5ccccc5)ccc4c3O)cc2OC)cc1OC. The first kappa shape index (κ1) is 34.2. The molecule has 15 nitrogen and oxygen atoms in total. The van der Waals surface area contributed by atoms with Crippen molar-refractivity contribution in [2.24, 2.45) is 30.7 Å². The summed E-state index contributed by atoms with van der Waals surface area (Å²) < 4.78 is 56.8. The third kappa shape index (κ3) is 7.55. The highest BCUT2D eigenvalue weighted by Crippen LogP contribution is 2.46. The van der Waals surface area contributed by atoms with Crippen LogP contribution in [-0.2, 0) is 10.1 Å². The quantitative estimate of drug-likeness (QED) is 0.0846. The summed E-state index contributed by atoms with van der Waals surface area (Å²) in [6.07, 6.45) is 0. The number of methoxy groups -OCH3 is 4. The molecule has 0 heterocycles. The molecule has 5 aromatic rings. The molecule has 0 aliphatic heterocycles. The summed E-state index contributed by atoms with van der Waals surface area (Å²) in [5.41, 5.74) is 2.05. The first-order valence-electron chi connectivity index (χ1n) is 14.3. The van der Waals surface area contributed by atoms with E-state index in [2.05, 4.69) is 36.0 Å². The van der Waals surface area contributed by atoms with Crippen molar-refractivity contribution in [2.75, 3.05) is 40.8 Å². The van der Waals surface area contributed by atoms with E-state index in [0.29, 0.717) is 33.9 Å². The van der Waals surface area contributed by atoms with E-state index in [4.69, 9.17) is 18.9 Å². The Morgan fingerprint density at radius 2 is 1.10 bits per heavy atom. The fourth-order valence-electron chi connectivity index (χ4n) is 4.77. The van der Waals surface area contributed by atoms with Gasteiger partial charge in [-0.25, -0.2) is 0 Å². The monoisotopic (exact) mass is 685 g/mol. The fraction of sp³-hybridized carbons (Fsp3) is 0.152. The van der Waals surface area contributed by atoms with Crippen molar-refractivity contribution in [2.45, 2.75) is 4.90 Å². The number of phenolic OH excluding ortho intramolecular Hbond substituents is 1. The number of nitrogens with one attached hydrogen (secondary N) is 1. The number of anilines is 2. The molecule has 0 saturated carbocycles. The predicted octanol–water partition coefficient (Wildman–Crippen LogP) is 9.11. The summed E-state index contributed by atoms with van der Waals surface area (Å²) in [7, 11) is 2.41. The predicted molar refractivity (Wildman–Crippen MR) is 183 cm³/mol. The van der Waals surface area contributed by atoms with Gasteiger partial charge in [0.05, 0.1) is 28.4 Å². The molecule has 0 radical (unpaired) electrons. The maximum absolute atomic E-state index is 12.5. The molecule has 5 rings (SSSR count). The Morgan fingerprint density at radius 1 is 0.612 bits per heavy atom. The molecule has 16 heteroatoms. The second-order valence-electron chi connectivity index (χ2n) is 10.1. The van der Waals surface area contributed by atoms with Crippen LogP contribution in [0.1, 0.15) is 0 Å². The van der Waals surface area contributed by atoms with E-state index in [-0.39, 0.29) is 28.3 Å². The average molecular weight is 686 g/mol. The topological polar surface area (TPSA) is 198 Å². The van der Waals surface area contributed by atoms with Crippen LogP contribution in [0.15, 0.2) is 114 Å². The van der Waals surface area contributed by atoms with Gasteiger partial charge in [-0.15, -0.1) is 20.5 Å². The van der Waals surface area contributed by atoms with E-state index in [1.165, 1.54) is 53.7 Å². The van der Waals surface area contributed by atoms with Gasteiger partial charge in [-0.3, -0.25) is 4.55 Å². The highest BCUT2D eigenvalue weighted by Gasteiger charge is 2.23. The first-order valence-corrected chi connectivity index (χ1v) is 15.8. The number of phenols is 1. The third-order valence-corrected chi connectivity index (χ3v) is 7.95. The number of benzene rings is 5. The van der Waals surface area contributed by atoms with Crippen LogP contribution in [0.5, 0.6) is 28.7 Å². The second-order valence-corrected chi connectivity index (χ2v) is 11.5. The number of hydrogen-bond donors (Lipinski definition) is 3. The molecule has 0 fully saturated rings. The molecule has 0 amide bonds. The van der Waals surface area contributed by atoms with E-state index in [1.807, 2.05) is 30.3 Å². The van der Waals surface area contributed by atoms with Gasteiger partial charge in [-0.2, -0.15) is 18.6 Å². The van der Waals surface area contributed by atoms with Crippen LogP contribution in [0, 0.1) is 0 Å². The van der Waals surface area contributed by atoms with E-state index in [0.717, 1.165) is 5.69 Å². The molecule has 0 atom stereocenters. The number of fused-ring (bicyclic) bond motifs is 1. The maximum Gasteiger partial charge on any atom is 0.296 e. The summed E-state index contributed by atoms with van der Waals surface area (Å²) >= 11 is 0. The van der Waals surface area contributed by atoms with Gasteiger partial charge in [0, 0.05) is 48.1 Å². The van der Waals surface area contributed by atoms with E-state index >= 15 is 0 Å². The Hall–Kier alpha value is -6.13. The molecule has 0 spiro atoms. The van der Waals surface area contributed by atoms with Crippen molar-refractivity contribution in [3.63, 3.8) is 0 Å².